The third-order valence-electron chi connectivity index (χ3n) is 1.27. The molecule has 0 spiro atoms. The van der Waals surface area contributed by atoms with Gasteiger partial charge in [0.05, 0.1) is 4.92 Å². The summed E-state index contributed by atoms with van der Waals surface area (Å²) in [5, 5.41) is 27.7. The van der Waals surface area contributed by atoms with Crippen LogP contribution in [0.25, 0.3) is 0 Å². The van der Waals surface area contributed by atoms with Gasteiger partial charge in [0.25, 0.3) is 0 Å². The zero-order valence-corrected chi connectivity index (χ0v) is 8.85. The molecule has 1 aromatic carbocycles. The van der Waals surface area contributed by atoms with Gasteiger partial charge < -0.3 is 14.9 Å². The van der Waals surface area contributed by atoms with Gasteiger partial charge in [0.2, 0.25) is 5.75 Å². The SMILES string of the molecule is COC.O=[N+]([O-])c1ccc(O)c(Cl)c1O. The van der Waals surface area contributed by atoms with Gasteiger partial charge in [-0.2, -0.15) is 0 Å². The van der Waals surface area contributed by atoms with Crippen LogP contribution in [0.3, 0.4) is 0 Å². The molecule has 2 N–H and O–H groups in total. The van der Waals surface area contributed by atoms with Gasteiger partial charge in [-0.1, -0.05) is 11.6 Å². The minimum atomic E-state index is -0.791. The van der Waals surface area contributed by atoms with Crippen molar-refractivity contribution in [2.45, 2.75) is 0 Å². The predicted octanol–water partition coefficient (Wildman–Crippen LogP) is 1.92. The Balaban J connectivity index is 0.000000583. The first-order valence-electron chi connectivity index (χ1n) is 3.70. The molecule has 0 saturated carbocycles. The van der Waals surface area contributed by atoms with Crippen LogP contribution in [0.15, 0.2) is 12.1 Å². The molecule has 1 rings (SSSR count). The first-order valence-corrected chi connectivity index (χ1v) is 4.08. The van der Waals surface area contributed by atoms with Gasteiger partial charge in [-0.3, -0.25) is 10.1 Å². The van der Waals surface area contributed by atoms with Gasteiger partial charge in [-0.05, 0) is 6.07 Å². The molecule has 0 saturated heterocycles. The summed E-state index contributed by atoms with van der Waals surface area (Å²) in [6.45, 7) is 0. The predicted molar refractivity (Wildman–Crippen MR) is 54.4 cm³/mol. The molecule has 0 aliphatic heterocycles. The second kappa shape index (κ2) is 6.05. The Morgan fingerprint density at radius 1 is 1.40 bits per heavy atom. The van der Waals surface area contributed by atoms with Crippen LogP contribution in [0.4, 0.5) is 5.69 Å². The highest BCUT2D eigenvalue weighted by Gasteiger charge is 2.18. The maximum Gasteiger partial charge on any atom is 0.312 e. The van der Waals surface area contributed by atoms with Crippen LogP contribution in [0.5, 0.6) is 11.5 Å². The lowest BCUT2D eigenvalue weighted by atomic mass is 10.3. The number of ether oxygens (including phenoxy) is 1. The van der Waals surface area contributed by atoms with E-state index in [0.717, 1.165) is 12.1 Å². The lowest BCUT2D eigenvalue weighted by Gasteiger charge is -1.99. The quantitative estimate of drug-likeness (QED) is 0.573. The van der Waals surface area contributed by atoms with Crippen molar-refractivity contribution in [2.24, 2.45) is 0 Å². The zero-order chi connectivity index (χ0) is 12.0. The van der Waals surface area contributed by atoms with E-state index in [1.807, 2.05) is 0 Å². The molecular formula is C8H10ClNO5. The minimum Gasteiger partial charge on any atom is -0.506 e. The molecule has 0 heterocycles. The van der Waals surface area contributed by atoms with Gasteiger partial charge in [-0.15, -0.1) is 0 Å². The number of phenolic OH excluding ortho intramolecular Hbond substituents is 2. The normalized spacial score (nSPS) is 9.00. The number of nitro groups is 1. The van der Waals surface area contributed by atoms with E-state index in [9.17, 15) is 10.1 Å². The molecule has 1 aromatic rings. The number of hydrogen-bond acceptors (Lipinski definition) is 5. The third kappa shape index (κ3) is 3.61. The second-order valence-electron chi connectivity index (χ2n) is 2.43. The highest BCUT2D eigenvalue weighted by molar-refractivity contribution is 6.33. The number of halogens is 1. The Hall–Kier alpha value is -1.53. The molecule has 15 heavy (non-hydrogen) atoms. The van der Waals surface area contributed by atoms with Crippen LogP contribution in [-0.4, -0.2) is 29.4 Å². The van der Waals surface area contributed by atoms with Crippen LogP contribution in [0, 0.1) is 10.1 Å². The molecule has 0 aromatic heterocycles. The number of aromatic hydroxyl groups is 2. The summed E-state index contributed by atoms with van der Waals surface area (Å²) in [7, 11) is 3.25. The molecule has 0 amide bonds. The Morgan fingerprint density at radius 2 is 1.87 bits per heavy atom. The van der Waals surface area contributed by atoms with E-state index in [1.165, 1.54) is 0 Å². The molecule has 0 radical (unpaired) electrons. The first kappa shape index (κ1) is 13.5. The smallest absolute Gasteiger partial charge is 0.312 e. The monoisotopic (exact) mass is 235 g/mol. The van der Waals surface area contributed by atoms with Gasteiger partial charge in [-0.25, -0.2) is 0 Å². The van der Waals surface area contributed by atoms with Gasteiger partial charge in [0, 0.05) is 20.3 Å². The van der Waals surface area contributed by atoms with Crippen LogP contribution in [0.2, 0.25) is 5.02 Å². The molecular weight excluding hydrogens is 226 g/mol. The molecule has 0 atom stereocenters. The van der Waals surface area contributed by atoms with Crippen molar-refractivity contribution in [3.05, 3.63) is 27.3 Å². The van der Waals surface area contributed by atoms with Crippen molar-refractivity contribution in [3.8, 4) is 11.5 Å². The average molecular weight is 236 g/mol. The van der Waals surface area contributed by atoms with Crippen LogP contribution >= 0.6 is 11.6 Å². The number of benzene rings is 1. The van der Waals surface area contributed by atoms with E-state index in [4.69, 9.17) is 21.8 Å². The van der Waals surface area contributed by atoms with Crippen molar-refractivity contribution in [3.63, 3.8) is 0 Å². The first-order chi connectivity index (χ1) is 6.95. The lowest BCUT2D eigenvalue weighted by molar-refractivity contribution is -0.385. The van der Waals surface area contributed by atoms with Crippen LogP contribution < -0.4 is 0 Å². The molecule has 0 fully saturated rings. The topological polar surface area (TPSA) is 92.8 Å². The molecule has 7 heteroatoms. The van der Waals surface area contributed by atoms with E-state index in [1.54, 1.807) is 14.2 Å². The van der Waals surface area contributed by atoms with Crippen molar-refractivity contribution in [1.82, 2.24) is 0 Å². The molecule has 0 aliphatic carbocycles. The number of methoxy groups -OCH3 is 1. The standard InChI is InChI=1S/C6H4ClNO4.C2H6O/c7-5-4(9)2-1-3(6(5)10)8(11)12;1-3-2/h1-2,9-10H;1-2H3. The summed E-state index contributed by atoms with van der Waals surface area (Å²) in [4.78, 5) is 9.40. The van der Waals surface area contributed by atoms with Gasteiger partial charge >= 0.3 is 5.69 Å². The fourth-order valence-electron chi connectivity index (χ4n) is 0.691. The number of nitro benzene ring substituents is 1. The fourth-order valence-corrected chi connectivity index (χ4v) is 0.851. The molecule has 6 nitrogen and oxygen atoms in total. The Bertz CT molecular complexity index is 355. The summed E-state index contributed by atoms with van der Waals surface area (Å²) in [5.41, 5.74) is -0.530. The van der Waals surface area contributed by atoms with Crippen LogP contribution in [-0.2, 0) is 4.74 Å². The van der Waals surface area contributed by atoms with E-state index in [2.05, 4.69) is 4.74 Å². The highest BCUT2D eigenvalue weighted by Crippen LogP contribution is 2.39. The molecule has 0 unspecified atom stereocenters. The third-order valence-corrected chi connectivity index (χ3v) is 1.64. The fraction of sp³-hybridized carbons (Fsp3) is 0.250. The van der Waals surface area contributed by atoms with E-state index >= 15 is 0 Å². The summed E-state index contributed by atoms with van der Waals surface area (Å²) >= 11 is 5.32. The largest absolute Gasteiger partial charge is 0.506 e. The van der Waals surface area contributed by atoms with Crippen molar-refractivity contribution in [1.29, 1.82) is 0 Å². The van der Waals surface area contributed by atoms with E-state index < -0.39 is 21.4 Å². The number of nitrogens with zero attached hydrogens (tertiary/aromatic N) is 1. The maximum atomic E-state index is 10.2. The molecule has 0 bridgehead atoms. The lowest BCUT2D eigenvalue weighted by Crippen LogP contribution is -1.88. The Kier molecular flexibility index (Phi) is 5.43. The second-order valence-corrected chi connectivity index (χ2v) is 2.81. The van der Waals surface area contributed by atoms with Crippen molar-refractivity contribution < 1.29 is 19.9 Å². The summed E-state index contributed by atoms with van der Waals surface area (Å²) in [6, 6.07) is 2.01. The van der Waals surface area contributed by atoms with Gasteiger partial charge in [0.15, 0.2) is 0 Å². The van der Waals surface area contributed by atoms with Crippen LogP contribution in [0.1, 0.15) is 0 Å². The van der Waals surface area contributed by atoms with E-state index in [-0.39, 0.29) is 5.75 Å². The Labute approximate surface area is 90.8 Å². The average Bonchev–Trinajstić information content (AvgIpc) is 2.15. The van der Waals surface area contributed by atoms with Crippen molar-refractivity contribution >= 4 is 17.3 Å². The zero-order valence-electron chi connectivity index (χ0n) is 8.10. The van der Waals surface area contributed by atoms with E-state index in [0.29, 0.717) is 0 Å². The maximum absolute atomic E-state index is 10.2. The number of phenols is 2. The molecule has 0 aliphatic rings. The Morgan fingerprint density at radius 3 is 2.27 bits per heavy atom. The van der Waals surface area contributed by atoms with Gasteiger partial charge in [0.1, 0.15) is 10.8 Å². The number of rotatable bonds is 1. The summed E-state index contributed by atoms with van der Waals surface area (Å²) in [6.07, 6.45) is 0. The summed E-state index contributed by atoms with van der Waals surface area (Å²) < 4.78 is 4.25. The minimum absolute atomic E-state index is 0.389. The number of hydrogen-bond donors (Lipinski definition) is 2. The molecule has 84 valence electrons. The summed E-state index contributed by atoms with van der Waals surface area (Å²) in [5.74, 6) is -1.11. The highest BCUT2D eigenvalue weighted by atomic mass is 35.5. The van der Waals surface area contributed by atoms with Crippen molar-refractivity contribution in [2.75, 3.05) is 14.2 Å².